The molecule has 0 amide bonds. The molecule has 1 aliphatic heterocycles. The van der Waals surface area contributed by atoms with E-state index in [1.165, 1.54) is 5.57 Å². The van der Waals surface area contributed by atoms with Crippen molar-refractivity contribution in [3.05, 3.63) is 35.2 Å². The molecular weight excluding hydrogens is 150 g/mol. The highest BCUT2D eigenvalue weighted by Gasteiger charge is 2.20. The molecule has 1 aliphatic carbocycles. The Kier molecular flexibility index (Phi) is 1.33. The lowest BCUT2D eigenvalue weighted by atomic mass is 10.1. The third-order valence-corrected chi connectivity index (χ3v) is 2.12. The molecule has 2 rings (SSSR count). The Bertz CT molecular complexity index is 345. The second kappa shape index (κ2) is 2.24. The van der Waals surface area contributed by atoms with Crippen LogP contribution in [0.1, 0.15) is 13.3 Å². The molecule has 0 aromatic heterocycles. The summed E-state index contributed by atoms with van der Waals surface area (Å²) in [6.45, 7) is 5.95. The van der Waals surface area contributed by atoms with Crippen LogP contribution in [0.2, 0.25) is 0 Å². The number of nitrogens with one attached hydrogen (secondary N) is 1. The van der Waals surface area contributed by atoms with E-state index in [0.29, 0.717) is 5.96 Å². The van der Waals surface area contributed by atoms with Crippen LogP contribution in [0.15, 0.2) is 40.2 Å². The van der Waals surface area contributed by atoms with Crippen molar-refractivity contribution in [2.24, 2.45) is 10.7 Å². The lowest BCUT2D eigenvalue weighted by Crippen LogP contribution is -2.33. The van der Waals surface area contributed by atoms with Crippen LogP contribution in [0, 0.1) is 0 Å². The fourth-order valence-corrected chi connectivity index (χ4v) is 1.59. The van der Waals surface area contributed by atoms with Crippen LogP contribution in [0.25, 0.3) is 0 Å². The molecule has 62 valence electrons. The maximum atomic E-state index is 5.55. The minimum Gasteiger partial charge on any atom is -0.369 e. The molecule has 0 aromatic carbocycles. The number of guanidine groups is 1. The van der Waals surface area contributed by atoms with Gasteiger partial charge in [-0.1, -0.05) is 12.7 Å². The molecule has 1 heterocycles. The predicted molar refractivity (Wildman–Crippen MR) is 49.3 cm³/mol. The molecule has 0 saturated carbocycles. The van der Waals surface area contributed by atoms with Gasteiger partial charge in [-0.3, -0.25) is 0 Å². The highest BCUT2D eigenvalue weighted by molar-refractivity contribution is 5.84. The minimum absolute atomic E-state index is 0.446. The Hall–Kier alpha value is -1.51. The lowest BCUT2D eigenvalue weighted by Gasteiger charge is -2.17. The van der Waals surface area contributed by atoms with Crippen molar-refractivity contribution >= 4 is 5.96 Å². The van der Waals surface area contributed by atoms with E-state index in [-0.39, 0.29) is 0 Å². The van der Waals surface area contributed by atoms with Crippen LogP contribution in [0.5, 0.6) is 0 Å². The van der Waals surface area contributed by atoms with E-state index in [1.54, 1.807) is 0 Å². The van der Waals surface area contributed by atoms with Gasteiger partial charge in [0.25, 0.3) is 0 Å². The molecule has 0 saturated heterocycles. The second-order valence-corrected chi connectivity index (χ2v) is 3.01. The van der Waals surface area contributed by atoms with Gasteiger partial charge in [0.05, 0.1) is 5.70 Å². The zero-order valence-corrected chi connectivity index (χ0v) is 7.02. The van der Waals surface area contributed by atoms with Gasteiger partial charge in [-0.25, -0.2) is 4.99 Å². The topological polar surface area (TPSA) is 50.4 Å². The number of hydrogen-bond donors (Lipinski definition) is 2. The molecule has 0 radical (unpaired) electrons. The maximum Gasteiger partial charge on any atom is 0.198 e. The predicted octanol–water partition coefficient (Wildman–Crippen LogP) is 1.02. The van der Waals surface area contributed by atoms with Crippen molar-refractivity contribution in [2.75, 3.05) is 0 Å². The number of allylic oxidation sites excluding steroid dienone is 2. The highest BCUT2D eigenvalue weighted by atomic mass is 15.1. The Balaban J connectivity index is 2.49. The van der Waals surface area contributed by atoms with Crippen molar-refractivity contribution in [1.82, 2.24) is 5.32 Å². The third kappa shape index (κ3) is 0.863. The van der Waals surface area contributed by atoms with E-state index in [9.17, 15) is 0 Å². The summed E-state index contributed by atoms with van der Waals surface area (Å²) >= 11 is 0. The summed E-state index contributed by atoms with van der Waals surface area (Å²) in [4.78, 5) is 4.20. The van der Waals surface area contributed by atoms with Crippen LogP contribution >= 0.6 is 0 Å². The van der Waals surface area contributed by atoms with Gasteiger partial charge in [0.2, 0.25) is 0 Å². The first kappa shape index (κ1) is 7.16. The zero-order valence-electron chi connectivity index (χ0n) is 7.02. The van der Waals surface area contributed by atoms with E-state index in [1.807, 2.05) is 0 Å². The summed E-state index contributed by atoms with van der Waals surface area (Å²) in [5.74, 6) is 0.446. The summed E-state index contributed by atoms with van der Waals surface area (Å²) < 4.78 is 0. The Morgan fingerprint density at radius 3 is 3.17 bits per heavy atom. The van der Waals surface area contributed by atoms with Gasteiger partial charge in [-0.05, 0) is 12.5 Å². The minimum atomic E-state index is 0.446. The van der Waals surface area contributed by atoms with Crippen LogP contribution in [0.3, 0.4) is 0 Å². The smallest absolute Gasteiger partial charge is 0.198 e. The Morgan fingerprint density at radius 2 is 2.42 bits per heavy atom. The first-order valence-corrected chi connectivity index (χ1v) is 3.89. The molecule has 0 unspecified atom stereocenters. The van der Waals surface area contributed by atoms with Gasteiger partial charge in [0, 0.05) is 17.7 Å². The summed E-state index contributed by atoms with van der Waals surface area (Å²) in [5.41, 5.74) is 9.81. The molecular formula is C9H11N3. The number of nitrogens with two attached hydrogens (primary N) is 1. The van der Waals surface area contributed by atoms with Crippen molar-refractivity contribution < 1.29 is 0 Å². The van der Waals surface area contributed by atoms with Gasteiger partial charge in [-0.15, -0.1) is 0 Å². The second-order valence-electron chi connectivity index (χ2n) is 3.01. The normalized spacial score (nSPS) is 21.6. The molecule has 2 aliphatic rings. The summed E-state index contributed by atoms with van der Waals surface area (Å²) in [7, 11) is 0. The fraction of sp³-hybridized carbons (Fsp3) is 0.222. The van der Waals surface area contributed by atoms with Crippen molar-refractivity contribution in [2.45, 2.75) is 13.3 Å². The van der Waals surface area contributed by atoms with Gasteiger partial charge in [0.1, 0.15) is 0 Å². The van der Waals surface area contributed by atoms with E-state index in [2.05, 4.69) is 29.9 Å². The fourth-order valence-electron chi connectivity index (χ4n) is 1.59. The summed E-state index contributed by atoms with van der Waals surface area (Å²) in [5, 5.41) is 2.92. The SMILES string of the molecule is C=C1NC(N)=NC2=C1C(C)=CC2. The van der Waals surface area contributed by atoms with Gasteiger partial charge >= 0.3 is 0 Å². The molecule has 0 atom stereocenters. The largest absolute Gasteiger partial charge is 0.369 e. The number of nitrogens with zero attached hydrogens (tertiary/aromatic N) is 1. The van der Waals surface area contributed by atoms with Crippen LogP contribution < -0.4 is 11.1 Å². The third-order valence-electron chi connectivity index (χ3n) is 2.12. The number of rotatable bonds is 0. The number of aliphatic imine (C=N–C) groups is 1. The average Bonchev–Trinajstić information content (AvgIpc) is 2.31. The molecule has 3 N–H and O–H groups in total. The Morgan fingerprint density at radius 1 is 1.67 bits per heavy atom. The monoisotopic (exact) mass is 161 g/mol. The molecule has 0 spiro atoms. The van der Waals surface area contributed by atoms with Gasteiger partial charge in [0.15, 0.2) is 5.96 Å². The van der Waals surface area contributed by atoms with E-state index < -0.39 is 0 Å². The average molecular weight is 161 g/mol. The van der Waals surface area contributed by atoms with E-state index in [4.69, 9.17) is 5.73 Å². The van der Waals surface area contributed by atoms with Crippen molar-refractivity contribution in [3.63, 3.8) is 0 Å². The number of hydrogen-bond acceptors (Lipinski definition) is 3. The highest BCUT2D eigenvalue weighted by Crippen LogP contribution is 2.32. The van der Waals surface area contributed by atoms with E-state index in [0.717, 1.165) is 23.4 Å². The lowest BCUT2D eigenvalue weighted by molar-refractivity contribution is 1.02. The van der Waals surface area contributed by atoms with E-state index >= 15 is 0 Å². The maximum absolute atomic E-state index is 5.55. The Labute approximate surface area is 71.4 Å². The summed E-state index contributed by atoms with van der Waals surface area (Å²) in [6, 6.07) is 0. The van der Waals surface area contributed by atoms with Gasteiger partial charge < -0.3 is 11.1 Å². The first-order chi connectivity index (χ1) is 5.68. The molecule has 3 heteroatoms. The molecule has 12 heavy (non-hydrogen) atoms. The molecule has 0 aromatic rings. The quantitative estimate of drug-likeness (QED) is 0.557. The van der Waals surface area contributed by atoms with Crippen LogP contribution in [0.4, 0.5) is 0 Å². The van der Waals surface area contributed by atoms with Gasteiger partial charge in [-0.2, -0.15) is 0 Å². The zero-order chi connectivity index (χ0) is 8.72. The van der Waals surface area contributed by atoms with Crippen molar-refractivity contribution in [3.8, 4) is 0 Å². The summed E-state index contributed by atoms with van der Waals surface area (Å²) in [6.07, 6.45) is 3.02. The van der Waals surface area contributed by atoms with Crippen LogP contribution in [-0.4, -0.2) is 5.96 Å². The standard InChI is InChI=1S/C9H11N3/c1-5-3-4-7-8(5)6(2)11-9(10)12-7/h3H,2,4H2,1H3,(H3,10,11,12). The van der Waals surface area contributed by atoms with Crippen molar-refractivity contribution in [1.29, 1.82) is 0 Å². The molecule has 3 nitrogen and oxygen atoms in total. The molecule has 0 fully saturated rings. The first-order valence-electron chi connectivity index (χ1n) is 3.89. The van der Waals surface area contributed by atoms with Crippen LogP contribution in [-0.2, 0) is 0 Å². The molecule has 0 bridgehead atoms.